The monoisotopic (exact) mass is 469 g/mol. The van der Waals surface area contributed by atoms with Gasteiger partial charge in [0.2, 0.25) is 0 Å². The molecular weight excluding hydrogens is 446 g/mol. The number of aromatic amines is 1. The van der Waals surface area contributed by atoms with Crippen LogP contribution in [0.3, 0.4) is 0 Å². The summed E-state index contributed by atoms with van der Waals surface area (Å²) in [4.78, 5) is 17.0. The summed E-state index contributed by atoms with van der Waals surface area (Å²) in [5.41, 5.74) is 2.86. The third-order valence-corrected chi connectivity index (χ3v) is 7.44. The van der Waals surface area contributed by atoms with Crippen LogP contribution in [0.4, 0.5) is 11.5 Å². The number of nitrogens with one attached hydrogen (secondary N) is 1. The Balaban J connectivity index is 1.04. The van der Waals surface area contributed by atoms with E-state index in [1.54, 1.807) is 0 Å². The van der Waals surface area contributed by atoms with Crippen LogP contribution in [0, 0.1) is 5.41 Å². The molecular formula is C23H24ClN5O4. The van der Waals surface area contributed by atoms with Crippen LogP contribution in [-0.4, -0.2) is 83.9 Å². The molecule has 2 N–H and O–H groups in total. The van der Waals surface area contributed by atoms with Crippen LogP contribution in [0.15, 0.2) is 36.4 Å². The van der Waals surface area contributed by atoms with Crippen molar-refractivity contribution in [2.45, 2.75) is 24.4 Å². The highest BCUT2D eigenvalue weighted by Crippen LogP contribution is 2.45. The highest BCUT2D eigenvalue weighted by Gasteiger charge is 2.52. The molecule has 172 valence electrons. The number of nitrogens with zero attached hydrogens (tertiary/aromatic N) is 4. The van der Waals surface area contributed by atoms with Crippen molar-refractivity contribution >= 4 is 34.3 Å². The normalized spacial score (nSPS) is 29.9. The number of anilines is 2. The number of rotatable bonds is 4. The lowest BCUT2D eigenvalue weighted by Gasteiger charge is -2.61. The van der Waals surface area contributed by atoms with E-state index in [-0.39, 0.29) is 24.9 Å². The summed E-state index contributed by atoms with van der Waals surface area (Å²) in [5, 5.41) is 10.5. The van der Waals surface area contributed by atoms with E-state index in [0.29, 0.717) is 28.7 Å². The van der Waals surface area contributed by atoms with Crippen molar-refractivity contribution in [3.63, 3.8) is 0 Å². The molecule has 2 unspecified atom stereocenters. The van der Waals surface area contributed by atoms with Gasteiger partial charge in [-0.25, -0.2) is 4.98 Å². The van der Waals surface area contributed by atoms with Gasteiger partial charge < -0.3 is 34.1 Å². The van der Waals surface area contributed by atoms with Crippen molar-refractivity contribution in [1.82, 2.24) is 15.0 Å². The van der Waals surface area contributed by atoms with Gasteiger partial charge in [0.05, 0.1) is 23.8 Å². The number of aliphatic hydroxyl groups excluding tert-OH is 1. The highest BCUT2D eigenvalue weighted by atomic mass is 35.5. The first-order valence-electron chi connectivity index (χ1n) is 11.3. The fourth-order valence-electron chi connectivity index (χ4n) is 5.55. The molecule has 6 heterocycles. The second kappa shape index (κ2) is 7.20. The molecule has 7 rings (SSSR count). The van der Waals surface area contributed by atoms with Crippen molar-refractivity contribution in [1.29, 1.82) is 0 Å². The van der Waals surface area contributed by atoms with Crippen molar-refractivity contribution in [2.24, 2.45) is 5.41 Å². The van der Waals surface area contributed by atoms with E-state index in [0.717, 1.165) is 37.5 Å². The Kier molecular flexibility index (Phi) is 4.33. The van der Waals surface area contributed by atoms with Crippen LogP contribution in [0.5, 0.6) is 6.01 Å². The lowest BCUT2D eigenvalue weighted by Crippen LogP contribution is -2.72. The minimum Gasteiger partial charge on any atom is -0.456 e. The Labute approximate surface area is 195 Å². The largest absolute Gasteiger partial charge is 0.456 e. The van der Waals surface area contributed by atoms with Gasteiger partial charge in [-0.15, -0.1) is 0 Å². The van der Waals surface area contributed by atoms with Gasteiger partial charge in [-0.2, -0.15) is 4.98 Å². The van der Waals surface area contributed by atoms with Gasteiger partial charge in [-0.3, -0.25) is 0 Å². The Bertz CT molecular complexity index is 1190. The van der Waals surface area contributed by atoms with Crippen LogP contribution in [-0.2, 0) is 9.47 Å². The van der Waals surface area contributed by atoms with Crippen LogP contribution >= 0.6 is 11.6 Å². The first kappa shape index (κ1) is 19.8. The molecule has 0 amide bonds. The number of ether oxygens (including phenoxy) is 3. The summed E-state index contributed by atoms with van der Waals surface area (Å²) in [7, 11) is 0. The molecule has 3 aromatic rings. The van der Waals surface area contributed by atoms with E-state index in [1.807, 2.05) is 12.1 Å². The molecule has 33 heavy (non-hydrogen) atoms. The van der Waals surface area contributed by atoms with Gasteiger partial charge in [0.1, 0.15) is 24.1 Å². The number of H-pyrrole nitrogens is 1. The fourth-order valence-corrected chi connectivity index (χ4v) is 5.82. The molecule has 4 saturated heterocycles. The standard InChI is InChI=1S/C23H24ClN5O4/c24-14-6-15-20(27-22(25-15)33-17-8-32-18-16(30)7-31-19(17)18)26-21(14)29-11-23(12-29)9-28(10-23)13-4-2-1-3-5-13/h1-6,16-19,30H,7-12H2,(H,25,26,27)/t16?,17?,18-,19-/m1/s1. The van der Waals surface area contributed by atoms with E-state index < -0.39 is 6.10 Å². The summed E-state index contributed by atoms with van der Waals surface area (Å²) in [6.07, 6.45) is -1.58. The summed E-state index contributed by atoms with van der Waals surface area (Å²) in [6.45, 7) is 4.58. The average Bonchev–Trinajstić information content (AvgIpc) is 3.44. The molecule has 4 aliphatic heterocycles. The number of pyridine rings is 1. The molecule has 1 spiro atoms. The van der Waals surface area contributed by atoms with E-state index in [9.17, 15) is 5.11 Å². The molecule has 0 radical (unpaired) electrons. The molecule has 0 saturated carbocycles. The summed E-state index contributed by atoms with van der Waals surface area (Å²) in [5.74, 6) is 0.762. The Morgan fingerprint density at radius 3 is 2.61 bits per heavy atom. The van der Waals surface area contributed by atoms with Gasteiger partial charge in [0, 0.05) is 37.3 Å². The first-order chi connectivity index (χ1) is 16.1. The zero-order valence-electron chi connectivity index (χ0n) is 17.9. The number of fused-ring (bicyclic) bond motifs is 2. The minimum atomic E-state index is -0.613. The topological polar surface area (TPSA) is 96.0 Å². The number of hydrogen-bond acceptors (Lipinski definition) is 8. The van der Waals surface area contributed by atoms with Crippen LogP contribution < -0.4 is 14.5 Å². The maximum atomic E-state index is 9.91. The average molecular weight is 470 g/mol. The zero-order valence-corrected chi connectivity index (χ0v) is 18.6. The van der Waals surface area contributed by atoms with Crippen LogP contribution in [0.1, 0.15) is 0 Å². The SMILES string of the molecule is OC1CO[C@@H]2C(Oc3nc4nc(N5CC6(CN(c7ccccc7)C6)C5)c(Cl)cc4[nH]3)CO[C@H]12. The number of aliphatic hydroxyl groups is 1. The molecule has 4 aliphatic rings. The maximum Gasteiger partial charge on any atom is 0.296 e. The number of halogens is 1. The van der Waals surface area contributed by atoms with Gasteiger partial charge in [-0.1, -0.05) is 29.8 Å². The highest BCUT2D eigenvalue weighted by molar-refractivity contribution is 6.33. The molecule has 0 aliphatic carbocycles. The van der Waals surface area contributed by atoms with Crippen molar-refractivity contribution in [3.05, 3.63) is 41.4 Å². The molecule has 1 aromatic carbocycles. The second-order valence-electron chi connectivity index (χ2n) is 9.57. The van der Waals surface area contributed by atoms with E-state index >= 15 is 0 Å². The number of imidazole rings is 1. The van der Waals surface area contributed by atoms with Gasteiger partial charge in [-0.05, 0) is 18.2 Å². The van der Waals surface area contributed by atoms with Gasteiger partial charge in [0.25, 0.3) is 6.01 Å². The van der Waals surface area contributed by atoms with Crippen molar-refractivity contribution < 1.29 is 19.3 Å². The van der Waals surface area contributed by atoms with Crippen molar-refractivity contribution in [2.75, 3.05) is 49.2 Å². The zero-order chi connectivity index (χ0) is 22.2. The second-order valence-corrected chi connectivity index (χ2v) is 9.98. The summed E-state index contributed by atoms with van der Waals surface area (Å²) >= 11 is 6.59. The fraction of sp³-hybridized carbons (Fsp3) is 0.478. The molecule has 9 nitrogen and oxygen atoms in total. The smallest absolute Gasteiger partial charge is 0.296 e. The van der Waals surface area contributed by atoms with E-state index in [2.05, 4.69) is 44.0 Å². The predicted molar refractivity (Wildman–Crippen MR) is 122 cm³/mol. The predicted octanol–water partition coefficient (Wildman–Crippen LogP) is 1.84. The van der Waals surface area contributed by atoms with Crippen LogP contribution in [0.25, 0.3) is 11.2 Å². The molecule has 2 aromatic heterocycles. The van der Waals surface area contributed by atoms with E-state index in [4.69, 9.17) is 30.8 Å². The van der Waals surface area contributed by atoms with E-state index in [1.165, 1.54) is 5.69 Å². The maximum absolute atomic E-state index is 9.91. The van der Waals surface area contributed by atoms with Crippen molar-refractivity contribution in [3.8, 4) is 6.01 Å². The lowest BCUT2D eigenvalue weighted by molar-refractivity contribution is 0.00706. The van der Waals surface area contributed by atoms with Gasteiger partial charge >= 0.3 is 0 Å². The first-order valence-corrected chi connectivity index (χ1v) is 11.6. The third kappa shape index (κ3) is 3.18. The Morgan fingerprint density at radius 2 is 1.79 bits per heavy atom. The number of para-hydroxylation sites is 1. The summed E-state index contributed by atoms with van der Waals surface area (Å²) < 4.78 is 17.2. The number of hydrogen-bond donors (Lipinski definition) is 2. The molecule has 10 heteroatoms. The Hall–Kier alpha value is -2.59. The Morgan fingerprint density at radius 1 is 1.03 bits per heavy atom. The minimum absolute atomic E-state index is 0.260. The summed E-state index contributed by atoms with van der Waals surface area (Å²) in [6, 6.07) is 12.7. The third-order valence-electron chi connectivity index (χ3n) is 7.16. The lowest BCUT2D eigenvalue weighted by atomic mass is 9.72. The molecule has 0 bridgehead atoms. The van der Waals surface area contributed by atoms with Crippen LogP contribution in [0.2, 0.25) is 5.02 Å². The van der Waals surface area contributed by atoms with Gasteiger partial charge in [0.15, 0.2) is 11.8 Å². The molecule has 4 atom stereocenters. The molecule has 4 fully saturated rings. The quantitative estimate of drug-likeness (QED) is 0.597. The number of benzene rings is 1. The number of aromatic nitrogens is 3.